The van der Waals surface area contributed by atoms with Gasteiger partial charge in [0.1, 0.15) is 12.6 Å². The third-order valence-corrected chi connectivity index (χ3v) is 4.02. The Kier molecular flexibility index (Phi) is 7.21. The maximum Gasteiger partial charge on any atom is 0.408 e. The summed E-state index contributed by atoms with van der Waals surface area (Å²) in [6.45, 7) is 6.37. The highest BCUT2D eigenvalue weighted by molar-refractivity contribution is 5.85. The van der Waals surface area contributed by atoms with Gasteiger partial charge in [0.05, 0.1) is 0 Å². The maximum absolute atomic E-state index is 12.5. The summed E-state index contributed by atoms with van der Waals surface area (Å²) in [4.78, 5) is 24.5. The number of nitrogens with one attached hydrogen (secondary N) is 2. The molecule has 0 unspecified atom stereocenters. The van der Waals surface area contributed by atoms with E-state index in [4.69, 9.17) is 4.74 Å². The van der Waals surface area contributed by atoms with Crippen molar-refractivity contribution in [3.8, 4) is 0 Å². The predicted octanol–water partition coefficient (Wildman–Crippen LogP) is 3.56. The number of hydrogen-bond acceptors (Lipinski definition) is 3. The van der Waals surface area contributed by atoms with Crippen molar-refractivity contribution in [1.82, 2.24) is 10.6 Å². The highest BCUT2D eigenvalue weighted by atomic mass is 16.5. The number of amides is 2. The molecule has 2 N–H and O–H groups in total. The van der Waals surface area contributed by atoms with Crippen molar-refractivity contribution in [2.45, 2.75) is 40.0 Å². The van der Waals surface area contributed by atoms with E-state index >= 15 is 0 Å². The molecule has 138 valence electrons. The summed E-state index contributed by atoms with van der Waals surface area (Å²) in [6, 6.07) is 16.7. The third kappa shape index (κ3) is 6.24. The number of rotatable bonds is 7. The van der Waals surface area contributed by atoms with Crippen molar-refractivity contribution in [3.63, 3.8) is 0 Å². The van der Waals surface area contributed by atoms with Crippen molar-refractivity contribution in [2.24, 2.45) is 5.92 Å². The SMILES string of the molecule is Cc1ccc(CNC(=O)[C@@H](NC(=O)OCc2ccccc2)C(C)C)cc1. The largest absolute Gasteiger partial charge is 0.445 e. The molecule has 26 heavy (non-hydrogen) atoms. The molecule has 0 spiro atoms. The molecule has 2 aromatic carbocycles. The number of benzene rings is 2. The van der Waals surface area contributed by atoms with Crippen LogP contribution >= 0.6 is 0 Å². The molecule has 2 aromatic rings. The van der Waals surface area contributed by atoms with E-state index in [1.165, 1.54) is 5.56 Å². The highest BCUT2D eigenvalue weighted by Crippen LogP contribution is 2.06. The van der Waals surface area contributed by atoms with Crippen LogP contribution in [0.15, 0.2) is 54.6 Å². The van der Waals surface area contributed by atoms with Gasteiger partial charge in [0.15, 0.2) is 0 Å². The standard InChI is InChI=1S/C21H26N2O3/c1-15(2)19(20(24)22-13-17-11-9-16(3)10-12-17)23-21(25)26-14-18-7-5-4-6-8-18/h4-12,15,19H,13-14H2,1-3H3,(H,22,24)(H,23,25)/t19-/m0/s1. The minimum Gasteiger partial charge on any atom is -0.445 e. The van der Waals surface area contributed by atoms with Crippen LogP contribution in [0.3, 0.4) is 0 Å². The van der Waals surface area contributed by atoms with Gasteiger partial charge in [-0.05, 0) is 24.0 Å². The minimum absolute atomic E-state index is 0.0581. The summed E-state index contributed by atoms with van der Waals surface area (Å²) in [5, 5.41) is 5.53. The lowest BCUT2D eigenvalue weighted by Gasteiger charge is -2.21. The number of carbonyl (C=O) groups excluding carboxylic acids is 2. The molecule has 0 radical (unpaired) electrons. The van der Waals surface area contributed by atoms with Gasteiger partial charge in [-0.15, -0.1) is 0 Å². The lowest BCUT2D eigenvalue weighted by Crippen LogP contribution is -2.49. The highest BCUT2D eigenvalue weighted by Gasteiger charge is 2.24. The van der Waals surface area contributed by atoms with E-state index in [1.54, 1.807) is 0 Å². The van der Waals surface area contributed by atoms with Crippen LogP contribution in [0.2, 0.25) is 0 Å². The Hall–Kier alpha value is -2.82. The summed E-state index contributed by atoms with van der Waals surface area (Å²) in [5.41, 5.74) is 3.08. The Morgan fingerprint density at radius 2 is 1.62 bits per heavy atom. The molecule has 5 heteroatoms. The Morgan fingerprint density at radius 1 is 0.962 bits per heavy atom. The lowest BCUT2D eigenvalue weighted by molar-refractivity contribution is -0.124. The number of hydrogen-bond donors (Lipinski definition) is 2. The number of alkyl carbamates (subject to hydrolysis) is 1. The van der Waals surface area contributed by atoms with E-state index < -0.39 is 12.1 Å². The van der Waals surface area contributed by atoms with Gasteiger partial charge in [0.2, 0.25) is 5.91 Å². The molecule has 0 aromatic heterocycles. The van der Waals surface area contributed by atoms with Gasteiger partial charge < -0.3 is 15.4 Å². The molecule has 0 aliphatic heterocycles. The molecule has 0 aliphatic carbocycles. The van der Waals surface area contributed by atoms with Crippen molar-refractivity contribution < 1.29 is 14.3 Å². The first-order chi connectivity index (χ1) is 12.5. The van der Waals surface area contributed by atoms with Gasteiger partial charge in [0.25, 0.3) is 0 Å². The normalized spacial score (nSPS) is 11.7. The average molecular weight is 354 g/mol. The van der Waals surface area contributed by atoms with Crippen LogP contribution < -0.4 is 10.6 Å². The second kappa shape index (κ2) is 9.61. The zero-order valence-corrected chi connectivity index (χ0v) is 15.5. The first-order valence-corrected chi connectivity index (χ1v) is 8.76. The van der Waals surface area contributed by atoms with Crippen molar-refractivity contribution >= 4 is 12.0 Å². The van der Waals surface area contributed by atoms with E-state index in [-0.39, 0.29) is 18.4 Å². The Bertz CT molecular complexity index is 712. The van der Waals surface area contributed by atoms with Crippen LogP contribution in [-0.4, -0.2) is 18.0 Å². The average Bonchev–Trinajstić information content (AvgIpc) is 2.64. The third-order valence-electron chi connectivity index (χ3n) is 4.02. The molecule has 2 rings (SSSR count). The monoisotopic (exact) mass is 354 g/mol. The van der Waals surface area contributed by atoms with Gasteiger partial charge in [0, 0.05) is 6.54 Å². The van der Waals surface area contributed by atoms with Crippen LogP contribution in [-0.2, 0) is 22.7 Å². The molecule has 0 saturated heterocycles. The van der Waals surface area contributed by atoms with Crippen LogP contribution in [0.25, 0.3) is 0 Å². The van der Waals surface area contributed by atoms with Crippen LogP contribution in [0.5, 0.6) is 0 Å². The van der Waals surface area contributed by atoms with Gasteiger partial charge in [-0.25, -0.2) is 4.79 Å². The van der Waals surface area contributed by atoms with Gasteiger partial charge in [-0.1, -0.05) is 74.0 Å². The smallest absolute Gasteiger partial charge is 0.408 e. The van der Waals surface area contributed by atoms with E-state index in [0.29, 0.717) is 6.54 Å². The molecule has 0 heterocycles. The van der Waals surface area contributed by atoms with Gasteiger partial charge in [-0.3, -0.25) is 4.79 Å². The molecule has 0 bridgehead atoms. The zero-order valence-electron chi connectivity index (χ0n) is 15.5. The van der Waals surface area contributed by atoms with Crippen LogP contribution in [0, 0.1) is 12.8 Å². The molecule has 5 nitrogen and oxygen atoms in total. The quantitative estimate of drug-likeness (QED) is 0.799. The summed E-state index contributed by atoms with van der Waals surface area (Å²) in [5.74, 6) is -0.283. The summed E-state index contributed by atoms with van der Waals surface area (Å²) < 4.78 is 5.20. The lowest BCUT2D eigenvalue weighted by atomic mass is 10.0. The second-order valence-corrected chi connectivity index (χ2v) is 6.63. The fourth-order valence-electron chi connectivity index (χ4n) is 2.43. The molecular formula is C21H26N2O3. The Labute approximate surface area is 154 Å². The Morgan fingerprint density at radius 3 is 2.23 bits per heavy atom. The van der Waals surface area contributed by atoms with Gasteiger partial charge >= 0.3 is 6.09 Å². The van der Waals surface area contributed by atoms with E-state index in [1.807, 2.05) is 75.4 Å². The zero-order chi connectivity index (χ0) is 18.9. The fourth-order valence-corrected chi connectivity index (χ4v) is 2.43. The molecule has 0 aliphatic rings. The number of ether oxygens (including phenoxy) is 1. The predicted molar refractivity (Wildman–Crippen MR) is 101 cm³/mol. The molecule has 0 saturated carbocycles. The fraction of sp³-hybridized carbons (Fsp3) is 0.333. The number of aryl methyl sites for hydroxylation is 1. The molecule has 1 atom stereocenters. The van der Waals surface area contributed by atoms with E-state index in [9.17, 15) is 9.59 Å². The molecular weight excluding hydrogens is 328 g/mol. The van der Waals surface area contributed by atoms with Crippen LogP contribution in [0.1, 0.15) is 30.5 Å². The summed E-state index contributed by atoms with van der Waals surface area (Å²) >= 11 is 0. The van der Waals surface area contributed by atoms with Gasteiger partial charge in [-0.2, -0.15) is 0 Å². The Balaban J connectivity index is 1.85. The van der Waals surface area contributed by atoms with Crippen molar-refractivity contribution in [3.05, 3.63) is 71.3 Å². The first kappa shape index (κ1) is 19.5. The molecule has 2 amide bonds. The van der Waals surface area contributed by atoms with Crippen LogP contribution in [0.4, 0.5) is 4.79 Å². The summed E-state index contributed by atoms with van der Waals surface area (Å²) in [6.07, 6.45) is -0.599. The second-order valence-electron chi connectivity index (χ2n) is 6.63. The maximum atomic E-state index is 12.5. The van der Waals surface area contributed by atoms with E-state index in [2.05, 4.69) is 10.6 Å². The number of carbonyl (C=O) groups is 2. The van der Waals surface area contributed by atoms with Crippen molar-refractivity contribution in [1.29, 1.82) is 0 Å². The summed E-state index contributed by atoms with van der Waals surface area (Å²) in [7, 11) is 0. The topological polar surface area (TPSA) is 67.4 Å². The molecule has 0 fully saturated rings. The minimum atomic E-state index is -0.649. The van der Waals surface area contributed by atoms with E-state index in [0.717, 1.165) is 11.1 Å². The first-order valence-electron chi connectivity index (χ1n) is 8.76. The van der Waals surface area contributed by atoms with Crippen molar-refractivity contribution in [2.75, 3.05) is 0 Å².